The summed E-state index contributed by atoms with van der Waals surface area (Å²) >= 11 is 0. The molecule has 1 aliphatic rings. The number of carbonyl (C=O) groups is 1. The van der Waals surface area contributed by atoms with Crippen molar-refractivity contribution in [3.63, 3.8) is 0 Å². The predicted molar refractivity (Wildman–Crippen MR) is 76.9 cm³/mol. The maximum absolute atomic E-state index is 11.4. The first-order valence-electron chi connectivity index (χ1n) is 6.81. The molecule has 4 heteroatoms. The lowest BCUT2D eigenvalue weighted by molar-refractivity contribution is 0.124. The number of fused-ring (bicyclic) bond motifs is 1. The molecule has 0 saturated heterocycles. The van der Waals surface area contributed by atoms with Crippen LogP contribution in [0.4, 0.5) is 4.79 Å². The summed E-state index contributed by atoms with van der Waals surface area (Å²) in [4.78, 5) is 12.9. The molecule has 1 amide bonds. The van der Waals surface area contributed by atoms with E-state index in [9.17, 15) is 15.0 Å². The third kappa shape index (κ3) is 2.18. The van der Waals surface area contributed by atoms with Gasteiger partial charge in [-0.05, 0) is 42.8 Å². The van der Waals surface area contributed by atoms with Crippen LogP contribution in [0.15, 0.2) is 36.4 Å². The lowest BCUT2D eigenvalue weighted by Gasteiger charge is -2.27. The third-order valence-electron chi connectivity index (χ3n) is 3.92. The van der Waals surface area contributed by atoms with Crippen molar-refractivity contribution < 1.29 is 15.0 Å². The van der Waals surface area contributed by atoms with Crippen molar-refractivity contribution in [2.24, 2.45) is 0 Å². The normalized spacial score (nSPS) is 16.1. The van der Waals surface area contributed by atoms with Crippen molar-refractivity contribution >= 4 is 16.9 Å². The Morgan fingerprint density at radius 2 is 2.00 bits per heavy atom. The van der Waals surface area contributed by atoms with Crippen molar-refractivity contribution in [1.82, 2.24) is 4.90 Å². The van der Waals surface area contributed by atoms with Crippen molar-refractivity contribution in [2.75, 3.05) is 0 Å². The first-order chi connectivity index (χ1) is 9.58. The number of carboxylic acid groups (broad SMARTS) is 1. The topological polar surface area (TPSA) is 60.8 Å². The Morgan fingerprint density at radius 3 is 2.65 bits per heavy atom. The molecule has 20 heavy (non-hydrogen) atoms. The van der Waals surface area contributed by atoms with E-state index in [2.05, 4.69) is 0 Å². The molecule has 1 atom stereocenters. The quantitative estimate of drug-likeness (QED) is 0.893. The van der Waals surface area contributed by atoms with Crippen molar-refractivity contribution in [1.29, 1.82) is 0 Å². The minimum Gasteiger partial charge on any atom is -0.507 e. The smallest absolute Gasteiger partial charge is 0.408 e. The first kappa shape index (κ1) is 12.8. The zero-order valence-electron chi connectivity index (χ0n) is 11.3. The number of phenols is 1. The molecule has 0 radical (unpaired) electrons. The van der Waals surface area contributed by atoms with Crippen molar-refractivity contribution in [3.8, 4) is 5.75 Å². The summed E-state index contributed by atoms with van der Waals surface area (Å²) in [6.07, 6.45) is 0.958. The number of amides is 1. The van der Waals surface area contributed by atoms with E-state index in [0.29, 0.717) is 0 Å². The predicted octanol–water partition coefficient (Wildman–Crippen LogP) is 3.75. The van der Waals surface area contributed by atoms with Crippen LogP contribution in [0.5, 0.6) is 5.75 Å². The van der Waals surface area contributed by atoms with Crippen molar-refractivity contribution in [3.05, 3.63) is 42.0 Å². The second kappa shape index (κ2) is 4.71. The van der Waals surface area contributed by atoms with Crippen LogP contribution in [0.25, 0.3) is 10.8 Å². The second-order valence-electron chi connectivity index (χ2n) is 5.36. The summed E-state index contributed by atoms with van der Waals surface area (Å²) in [6.45, 7) is 1.87. The van der Waals surface area contributed by atoms with Gasteiger partial charge in [0.1, 0.15) is 5.75 Å². The van der Waals surface area contributed by atoms with E-state index >= 15 is 0 Å². The SMILES string of the molecule is CC(c1cc(O)c2ccccc2c1)N(C(=O)O)C1CC1. The summed E-state index contributed by atoms with van der Waals surface area (Å²) in [7, 11) is 0. The van der Waals surface area contributed by atoms with Gasteiger partial charge in [0.15, 0.2) is 0 Å². The first-order valence-corrected chi connectivity index (χ1v) is 6.81. The zero-order valence-corrected chi connectivity index (χ0v) is 11.3. The van der Waals surface area contributed by atoms with Crippen LogP contribution in [0.3, 0.4) is 0 Å². The summed E-state index contributed by atoms with van der Waals surface area (Å²) in [6, 6.07) is 11.1. The van der Waals surface area contributed by atoms with E-state index in [1.54, 1.807) is 6.07 Å². The minimum atomic E-state index is -0.896. The van der Waals surface area contributed by atoms with Gasteiger partial charge >= 0.3 is 6.09 Å². The highest BCUT2D eigenvalue weighted by molar-refractivity contribution is 5.88. The molecule has 1 aliphatic carbocycles. The highest BCUT2D eigenvalue weighted by Gasteiger charge is 2.36. The Balaban J connectivity index is 2.02. The molecule has 1 saturated carbocycles. The monoisotopic (exact) mass is 271 g/mol. The maximum Gasteiger partial charge on any atom is 0.408 e. The molecule has 1 unspecified atom stereocenters. The van der Waals surface area contributed by atoms with Gasteiger partial charge in [0.2, 0.25) is 0 Å². The number of phenolic OH excluding ortho intramolecular Hbond substituents is 1. The third-order valence-corrected chi connectivity index (χ3v) is 3.92. The summed E-state index contributed by atoms with van der Waals surface area (Å²) in [5, 5.41) is 21.2. The average Bonchev–Trinajstić information content (AvgIpc) is 3.23. The fraction of sp³-hybridized carbons (Fsp3) is 0.312. The molecule has 0 bridgehead atoms. The fourth-order valence-electron chi connectivity index (χ4n) is 2.71. The molecule has 1 fully saturated rings. The van der Waals surface area contributed by atoms with E-state index in [1.807, 2.05) is 37.3 Å². The number of benzene rings is 2. The standard InChI is InChI=1S/C16H17NO3/c1-10(17(16(19)20)13-6-7-13)12-8-11-4-2-3-5-14(11)15(18)9-12/h2-5,8-10,13,18H,6-7H2,1H3,(H,19,20). The van der Waals surface area contributed by atoms with Gasteiger partial charge in [-0.25, -0.2) is 4.79 Å². The van der Waals surface area contributed by atoms with Crippen LogP contribution in [0.1, 0.15) is 31.4 Å². The molecular formula is C16H17NO3. The van der Waals surface area contributed by atoms with Crippen LogP contribution in [-0.4, -0.2) is 27.2 Å². The minimum absolute atomic E-state index is 0.121. The van der Waals surface area contributed by atoms with E-state index in [-0.39, 0.29) is 17.8 Å². The van der Waals surface area contributed by atoms with Crippen LogP contribution in [0, 0.1) is 0 Å². The lowest BCUT2D eigenvalue weighted by atomic mass is 10.0. The molecule has 0 heterocycles. The summed E-state index contributed by atoms with van der Waals surface area (Å²) in [5.41, 5.74) is 0.829. The molecule has 0 spiro atoms. The van der Waals surface area contributed by atoms with Gasteiger partial charge in [-0.1, -0.05) is 24.3 Å². The van der Waals surface area contributed by atoms with Gasteiger partial charge in [-0.15, -0.1) is 0 Å². The average molecular weight is 271 g/mol. The molecule has 2 N–H and O–H groups in total. The van der Waals surface area contributed by atoms with E-state index in [4.69, 9.17) is 0 Å². The van der Waals surface area contributed by atoms with E-state index < -0.39 is 6.09 Å². The largest absolute Gasteiger partial charge is 0.507 e. The van der Waals surface area contributed by atoms with Gasteiger partial charge < -0.3 is 10.2 Å². The Hall–Kier alpha value is -2.23. The molecule has 3 rings (SSSR count). The molecule has 2 aromatic rings. The van der Waals surface area contributed by atoms with Crippen molar-refractivity contribution in [2.45, 2.75) is 31.8 Å². The number of hydrogen-bond acceptors (Lipinski definition) is 2. The molecule has 0 aliphatic heterocycles. The van der Waals surface area contributed by atoms with E-state index in [1.165, 1.54) is 4.90 Å². The maximum atomic E-state index is 11.4. The van der Waals surface area contributed by atoms with Crippen LogP contribution < -0.4 is 0 Å². The second-order valence-corrected chi connectivity index (χ2v) is 5.36. The molecule has 2 aromatic carbocycles. The molecule has 0 aromatic heterocycles. The highest BCUT2D eigenvalue weighted by atomic mass is 16.4. The van der Waals surface area contributed by atoms with Gasteiger partial charge in [0.25, 0.3) is 0 Å². The zero-order chi connectivity index (χ0) is 14.3. The van der Waals surface area contributed by atoms with Gasteiger partial charge in [-0.2, -0.15) is 0 Å². The Labute approximate surface area is 117 Å². The Kier molecular flexibility index (Phi) is 3.01. The van der Waals surface area contributed by atoms with Gasteiger partial charge in [-0.3, -0.25) is 4.90 Å². The Morgan fingerprint density at radius 1 is 1.30 bits per heavy atom. The van der Waals surface area contributed by atoms with Crippen LogP contribution in [-0.2, 0) is 0 Å². The van der Waals surface area contributed by atoms with Gasteiger partial charge in [0, 0.05) is 11.4 Å². The highest BCUT2D eigenvalue weighted by Crippen LogP contribution is 2.37. The molecule has 4 nitrogen and oxygen atoms in total. The number of aromatic hydroxyl groups is 1. The fourth-order valence-corrected chi connectivity index (χ4v) is 2.71. The van der Waals surface area contributed by atoms with E-state index in [0.717, 1.165) is 29.2 Å². The van der Waals surface area contributed by atoms with Gasteiger partial charge in [0.05, 0.1) is 6.04 Å². The number of rotatable bonds is 3. The molecular weight excluding hydrogens is 254 g/mol. The lowest BCUT2D eigenvalue weighted by Crippen LogP contribution is -2.34. The summed E-state index contributed by atoms with van der Waals surface area (Å²) in [5.74, 6) is 0.200. The van der Waals surface area contributed by atoms with Crippen LogP contribution >= 0.6 is 0 Å². The number of nitrogens with zero attached hydrogens (tertiary/aromatic N) is 1. The summed E-state index contributed by atoms with van der Waals surface area (Å²) < 4.78 is 0. The molecule has 104 valence electrons. The number of hydrogen-bond donors (Lipinski definition) is 2. The van der Waals surface area contributed by atoms with Crippen LogP contribution in [0.2, 0.25) is 0 Å². The Bertz CT molecular complexity index is 664.